The molecule has 0 amide bonds. The zero-order chi connectivity index (χ0) is 13.7. The summed E-state index contributed by atoms with van der Waals surface area (Å²) in [6.07, 6.45) is 0.959. The first-order valence-electron chi connectivity index (χ1n) is 6.49. The second kappa shape index (κ2) is 6.71. The van der Waals surface area contributed by atoms with Crippen LogP contribution < -0.4 is 5.73 Å². The highest BCUT2D eigenvalue weighted by atomic mass is 16.3. The second-order valence-electron chi connectivity index (χ2n) is 5.35. The molecule has 0 radical (unpaired) electrons. The van der Waals surface area contributed by atoms with Gasteiger partial charge >= 0.3 is 0 Å². The molecule has 0 bridgehead atoms. The van der Waals surface area contributed by atoms with Gasteiger partial charge in [-0.25, -0.2) is 0 Å². The first kappa shape index (κ1) is 14.9. The van der Waals surface area contributed by atoms with Crippen molar-refractivity contribution in [2.24, 2.45) is 11.7 Å². The Hall–Kier alpha value is -1.13. The van der Waals surface area contributed by atoms with Crippen molar-refractivity contribution in [3.63, 3.8) is 0 Å². The lowest BCUT2D eigenvalue weighted by molar-refractivity contribution is 0.288. The summed E-state index contributed by atoms with van der Waals surface area (Å²) in [6.45, 7) is 7.77. The predicted molar refractivity (Wildman–Crippen MR) is 74.4 cm³/mol. The van der Waals surface area contributed by atoms with E-state index in [0.29, 0.717) is 12.5 Å². The lowest BCUT2D eigenvalue weighted by atomic mass is 10.0. The first-order valence-corrected chi connectivity index (χ1v) is 6.49. The maximum Gasteiger partial charge on any atom is 0.138 e. The van der Waals surface area contributed by atoms with Gasteiger partial charge in [-0.1, -0.05) is 13.8 Å². The molecule has 1 heterocycles. The highest BCUT2D eigenvalue weighted by Gasteiger charge is 2.11. The number of rotatable bonds is 6. The summed E-state index contributed by atoms with van der Waals surface area (Å²) in [4.78, 5) is 6.49. The molecule has 0 fully saturated rings. The molecular formula is C14H25N3O. The fourth-order valence-corrected chi connectivity index (χ4v) is 1.76. The third kappa shape index (κ3) is 4.63. The molecule has 1 unspecified atom stereocenters. The number of aromatic hydroxyl groups is 1. The lowest BCUT2D eigenvalue weighted by Crippen LogP contribution is -2.31. The zero-order valence-electron chi connectivity index (χ0n) is 11.8. The second-order valence-corrected chi connectivity index (χ2v) is 5.35. The largest absolute Gasteiger partial charge is 0.506 e. The van der Waals surface area contributed by atoms with Crippen LogP contribution in [0.4, 0.5) is 0 Å². The van der Waals surface area contributed by atoms with Crippen molar-refractivity contribution in [3.8, 4) is 5.75 Å². The molecule has 4 nitrogen and oxygen atoms in total. The Morgan fingerprint density at radius 1 is 1.39 bits per heavy atom. The monoisotopic (exact) mass is 251 g/mol. The molecule has 4 heteroatoms. The van der Waals surface area contributed by atoms with E-state index in [0.717, 1.165) is 24.4 Å². The Balaban J connectivity index is 2.49. The minimum Gasteiger partial charge on any atom is -0.506 e. The van der Waals surface area contributed by atoms with Crippen LogP contribution in [-0.4, -0.2) is 34.6 Å². The molecule has 1 aromatic rings. The van der Waals surface area contributed by atoms with Gasteiger partial charge in [-0.15, -0.1) is 0 Å². The standard InChI is InChI=1S/C14H25N3O/c1-10(2)12(15)7-8-17(4)9-13-14(18)6-5-11(3)16-13/h5-6,10,12,18H,7-9,15H2,1-4H3. The minimum atomic E-state index is 0.228. The molecule has 0 aliphatic carbocycles. The Kier molecular flexibility index (Phi) is 5.56. The quantitative estimate of drug-likeness (QED) is 0.810. The van der Waals surface area contributed by atoms with E-state index < -0.39 is 0 Å². The van der Waals surface area contributed by atoms with E-state index in [1.807, 2.05) is 20.0 Å². The number of nitrogens with two attached hydrogens (primary N) is 1. The Bertz CT molecular complexity index is 379. The average Bonchev–Trinajstić information content (AvgIpc) is 2.30. The van der Waals surface area contributed by atoms with Gasteiger partial charge in [0.2, 0.25) is 0 Å². The average molecular weight is 251 g/mol. The van der Waals surface area contributed by atoms with Crippen molar-refractivity contribution in [1.29, 1.82) is 0 Å². The van der Waals surface area contributed by atoms with Crippen molar-refractivity contribution in [1.82, 2.24) is 9.88 Å². The maximum absolute atomic E-state index is 9.74. The van der Waals surface area contributed by atoms with Crippen LogP contribution in [0.2, 0.25) is 0 Å². The summed E-state index contributed by atoms with van der Waals surface area (Å²) in [6, 6.07) is 3.74. The number of aryl methyl sites for hydroxylation is 1. The lowest BCUT2D eigenvalue weighted by Gasteiger charge is -2.21. The van der Waals surface area contributed by atoms with Crippen LogP contribution in [0.1, 0.15) is 31.7 Å². The van der Waals surface area contributed by atoms with Crippen LogP contribution >= 0.6 is 0 Å². The van der Waals surface area contributed by atoms with E-state index in [2.05, 4.69) is 23.7 Å². The Morgan fingerprint density at radius 2 is 2.06 bits per heavy atom. The van der Waals surface area contributed by atoms with Gasteiger partial charge in [-0.3, -0.25) is 4.98 Å². The third-order valence-electron chi connectivity index (χ3n) is 3.21. The number of hydrogen-bond donors (Lipinski definition) is 2. The molecule has 0 saturated heterocycles. The van der Waals surface area contributed by atoms with E-state index in [1.54, 1.807) is 6.07 Å². The Morgan fingerprint density at radius 3 is 2.67 bits per heavy atom. The fraction of sp³-hybridized carbons (Fsp3) is 0.643. The smallest absolute Gasteiger partial charge is 0.138 e. The van der Waals surface area contributed by atoms with Crippen LogP contribution in [0.15, 0.2) is 12.1 Å². The van der Waals surface area contributed by atoms with Gasteiger partial charge in [0.05, 0.1) is 5.69 Å². The topological polar surface area (TPSA) is 62.4 Å². The zero-order valence-corrected chi connectivity index (χ0v) is 11.8. The molecular weight excluding hydrogens is 226 g/mol. The molecule has 1 atom stereocenters. The van der Waals surface area contributed by atoms with Crippen molar-refractivity contribution in [3.05, 3.63) is 23.5 Å². The molecule has 3 N–H and O–H groups in total. The van der Waals surface area contributed by atoms with E-state index in [-0.39, 0.29) is 11.8 Å². The normalized spacial score (nSPS) is 13.3. The number of pyridine rings is 1. The summed E-state index contributed by atoms with van der Waals surface area (Å²) in [5, 5.41) is 9.74. The first-order chi connectivity index (χ1) is 8.40. The minimum absolute atomic E-state index is 0.228. The maximum atomic E-state index is 9.74. The molecule has 0 saturated carbocycles. The van der Waals surface area contributed by atoms with Gasteiger partial charge in [0, 0.05) is 18.3 Å². The van der Waals surface area contributed by atoms with Gasteiger partial charge in [0.15, 0.2) is 0 Å². The summed E-state index contributed by atoms with van der Waals surface area (Å²) < 4.78 is 0. The van der Waals surface area contributed by atoms with Crippen LogP contribution in [0.5, 0.6) is 5.75 Å². The molecule has 0 spiro atoms. The van der Waals surface area contributed by atoms with Gasteiger partial charge in [0.1, 0.15) is 5.75 Å². The van der Waals surface area contributed by atoms with Crippen LogP contribution in [0, 0.1) is 12.8 Å². The van der Waals surface area contributed by atoms with Crippen molar-refractivity contribution >= 4 is 0 Å². The van der Waals surface area contributed by atoms with Gasteiger partial charge in [-0.2, -0.15) is 0 Å². The SMILES string of the molecule is Cc1ccc(O)c(CN(C)CCC(N)C(C)C)n1. The van der Waals surface area contributed by atoms with E-state index in [4.69, 9.17) is 5.73 Å². The molecule has 0 aromatic carbocycles. The predicted octanol–water partition coefficient (Wildman–Crippen LogP) is 1.90. The molecule has 1 rings (SSSR count). The summed E-state index contributed by atoms with van der Waals surface area (Å²) >= 11 is 0. The van der Waals surface area contributed by atoms with Crippen LogP contribution in [0.25, 0.3) is 0 Å². The molecule has 18 heavy (non-hydrogen) atoms. The van der Waals surface area contributed by atoms with E-state index in [9.17, 15) is 5.11 Å². The summed E-state index contributed by atoms with van der Waals surface area (Å²) in [5.74, 6) is 0.768. The van der Waals surface area contributed by atoms with Crippen LogP contribution in [-0.2, 0) is 6.54 Å². The molecule has 102 valence electrons. The van der Waals surface area contributed by atoms with E-state index >= 15 is 0 Å². The van der Waals surface area contributed by atoms with Gasteiger partial charge in [0.25, 0.3) is 0 Å². The highest BCUT2D eigenvalue weighted by molar-refractivity contribution is 5.27. The summed E-state index contributed by atoms with van der Waals surface area (Å²) in [7, 11) is 2.02. The number of aromatic nitrogens is 1. The fourth-order valence-electron chi connectivity index (χ4n) is 1.76. The molecule has 1 aromatic heterocycles. The van der Waals surface area contributed by atoms with Gasteiger partial charge in [-0.05, 0) is 45.0 Å². The Labute approximate surface area is 110 Å². The highest BCUT2D eigenvalue weighted by Crippen LogP contribution is 2.16. The van der Waals surface area contributed by atoms with Crippen molar-refractivity contribution < 1.29 is 5.11 Å². The number of hydrogen-bond acceptors (Lipinski definition) is 4. The van der Waals surface area contributed by atoms with Crippen molar-refractivity contribution in [2.45, 2.75) is 39.8 Å². The van der Waals surface area contributed by atoms with Crippen LogP contribution in [0.3, 0.4) is 0 Å². The van der Waals surface area contributed by atoms with Gasteiger partial charge < -0.3 is 15.7 Å². The van der Waals surface area contributed by atoms with E-state index in [1.165, 1.54) is 0 Å². The molecule has 0 aliphatic rings. The molecule has 0 aliphatic heterocycles. The summed E-state index contributed by atoms with van der Waals surface area (Å²) in [5.41, 5.74) is 7.68. The number of nitrogens with zero attached hydrogens (tertiary/aromatic N) is 2. The van der Waals surface area contributed by atoms with Crippen molar-refractivity contribution in [2.75, 3.05) is 13.6 Å². The third-order valence-corrected chi connectivity index (χ3v) is 3.21.